The molecule has 0 bridgehead atoms. The van der Waals surface area contributed by atoms with Gasteiger partial charge in [-0.1, -0.05) is 6.92 Å². The Kier molecular flexibility index (Phi) is 4.68. The second-order valence-corrected chi connectivity index (χ2v) is 6.82. The van der Waals surface area contributed by atoms with Gasteiger partial charge < -0.3 is 10.2 Å². The van der Waals surface area contributed by atoms with Gasteiger partial charge in [0.05, 0.1) is 0 Å². The lowest BCUT2D eigenvalue weighted by atomic mass is 9.91. The Morgan fingerprint density at radius 3 is 2.56 bits per heavy atom. The van der Waals surface area contributed by atoms with E-state index in [0.717, 1.165) is 12.5 Å². The molecule has 0 radical (unpaired) electrons. The predicted octanol–water partition coefficient (Wildman–Crippen LogP) is 1.79. The van der Waals surface area contributed by atoms with Gasteiger partial charge >= 0.3 is 0 Å². The Labute approximate surface area is 113 Å². The Hall–Kier alpha value is -0.120. The molecule has 0 amide bonds. The topological polar surface area (TPSA) is 18.5 Å². The first-order chi connectivity index (χ1) is 8.52. The number of piperazine rings is 1. The van der Waals surface area contributed by atoms with Crippen LogP contribution in [0.1, 0.15) is 40.0 Å². The number of piperidine rings is 1. The zero-order valence-corrected chi connectivity index (χ0v) is 12.7. The molecule has 2 heterocycles. The van der Waals surface area contributed by atoms with Crippen LogP contribution in [0, 0.1) is 5.92 Å². The number of rotatable bonds is 3. The summed E-state index contributed by atoms with van der Waals surface area (Å²) in [5.74, 6) is 0.919. The van der Waals surface area contributed by atoms with E-state index in [1.807, 2.05) is 0 Å². The van der Waals surface area contributed by atoms with Crippen LogP contribution in [0.2, 0.25) is 0 Å². The number of nitrogens with zero attached hydrogens (tertiary/aromatic N) is 2. The van der Waals surface area contributed by atoms with Crippen molar-refractivity contribution in [3.05, 3.63) is 0 Å². The maximum absolute atomic E-state index is 3.72. The molecular weight excluding hydrogens is 222 g/mol. The summed E-state index contributed by atoms with van der Waals surface area (Å²) < 4.78 is 0. The van der Waals surface area contributed by atoms with Gasteiger partial charge in [0.1, 0.15) is 0 Å². The van der Waals surface area contributed by atoms with Crippen molar-refractivity contribution in [3.63, 3.8) is 0 Å². The van der Waals surface area contributed by atoms with Crippen LogP contribution in [0.25, 0.3) is 0 Å². The van der Waals surface area contributed by atoms with Crippen molar-refractivity contribution in [2.24, 2.45) is 5.92 Å². The van der Waals surface area contributed by atoms with Gasteiger partial charge in [0, 0.05) is 31.2 Å². The zero-order chi connectivity index (χ0) is 13.2. The molecule has 106 valence electrons. The molecule has 2 rings (SSSR count). The molecule has 2 aliphatic rings. The highest BCUT2D eigenvalue weighted by Gasteiger charge is 2.33. The van der Waals surface area contributed by atoms with E-state index in [0.29, 0.717) is 11.6 Å². The highest BCUT2D eigenvalue weighted by Crippen LogP contribution is 2.23. The van der Waals surface area contributed by atoms with E-state index in [9.17, 15) is 0 Å². The summed E-state index contributed by atoms with van der Waals surface area (Å²) in [7, 11) is 2.25. The Morgan fingerprint density at radius 1 is 1.28 bits per heavy atom. The summed E-state index contributed by atoms with van der Waals surface area (Å²) in [5.41, 5.74) is 0.331. The Morgan fingerprint density at radius 2 is 1.94 bits per heavy atom. The normalized spacial score (nSPS) is 37.0. The van der Waals surface area contributed by atoms with Crippen molar-refractivity contribution in [1.82, 2.24) is 15.1 Å². The molecule has 0 aromatic rings. The number of hydrogen-bond donors (Lipinski definition) is 1. The predicted molar refractivity (Wildman–Crippen MR) is 78.0 cm³/mol. The van der Waals surface area contributed by atoms with E-state index < -0.39 is 0 Å². The molecule has 2 unspecified atom stereocenters. The molecule has 0 aromatic carbocycles. The maximum atomic E-state index is 3.72. The van der Waals surface area contributed by atoms with E-state index in [2.05, 4.69) is 42.9 Å². The van der Waals surface area contributed by atoms with Crippen LogP contribution in [0.15, 0.2) is 0 Å². The molecule has 2 aliphatic heterocycles. The molecule has 0 saturated carbocycles. The standard InChI is InChI=1S/C15H31N3/c1-5-15(3)12-18(13(2)10-16-15)11-14-6-8-17(4)9-7-14/h13-14,16H,5-12H2,1-4H3. The van der Waals surface area contributed by atoms with Crippen molar-refractivity contribution in [1.29, 1.82) is 0 Å². The van der Waals surface area contributed by atoms with Crippen LogP contribution < -0.4 is 5.32 Å². The van der Waals surface area contributed by atoms with Gasteiger partial charge in [-0.05, 0) is 59.2 Å². The van der Waals surface area contributed by atoms with Gasteiger partial charge in [0.25, 0.3) is 0 Å². The quantitative estimate of drug-likeness (QED) is 0.827. The fraction of sp³-hybridized carbons (Fsp3) is 1.00. The summed E-state index contributed by atoms with van der Waals surface area (Å²) in [5, 5.41) is 3.72. The SMILES string of the molecule is CCC1(C)CN(CC2CCN(C)CC2)C(C)CN1. The first-order valence-corrected chi connectivity index (χ1v) is 7.70. The highest BCUT2D eigenvalue weighted by atomic mass is 15.2. The minimum absolute atomic E-state index is 0.331. The molecule has 3 nitrogen and oxygen atoms in total. The lowest BCUT2D eigenvalue weighted by Gasteiger charge is -2.46. The summed E-state index contributed by atoms with van der Waals surface area (Å²) in [4.78, 5) is 5.20. The van der Waals surface area contributed by atoms with Crippen LogP contribution >= 0.6 is 0 Å². The third kappa shape index (κ3) is 3.46. The third-order valence-electron chi connectivity index (χ3n) is 5.11. The Balaban J connectivity index is 1.87. The van der Waals surface area contributed by atoms with Crippen LogP contribution in [-0.2, 0) is 0 Å². The van der Waals surface area contributed by atoms with Gasteiger partial charge in [-0.25, -0.2) is 0 Å². The monoisotopic (exact) mass is 253 g/mol. The summed E-state index contributed by atoms with van der Waals surface area (Å²) in [6, 6.07) is 0.698. The second-order valence-electron chi connectivity index (χ2n) is 6.82. The summed E-state index contributed by atoms with van der Waals surface area (Å²) in [6.07, 6.45) is 4.00. The van der Waals surface area contributed by atoms with Crippen molar-refractivity contribution >= 4 is 0 Å². The van der Waals surface area contributed by atoms with Crippen molar-refractivity contribution in [2.75, 3.05) is 39.8 Å². The summed E-state index contributed by atoms with van der Waals surface area (Å²) in [6.45, 7) is 13.3. The number of hydrogen-bond acceptors (Lipinski definition) is 3. The second kappa shape index (κ2) is 5.89. The first kappa shape index (κ1) is 14.3. The average molecular weight is 253 g/mol. The fourth-order valence-electron chi connectivity index (χ4n) is 3.24. The van der Waals surface area contributed by atoms with Crippen LogP contribution in [0.3, 0.4) is 0 Å². The van der Waals surface area contributed by atoms with E-state index in [-0.39, 0.29) is 0 Å². The zero-order valence-electron chi connectivity index (χ0n) is 12.7. The van der Waals surface area contributed by atoms with Gasteiger partial charge in [0.15, 0.2) is 0 Å². The molecule has 0 aliphatic carbocycles. The van der Waals surface area contributed by atoms with Gasteiger partial charge in [-0.3, -0.25) is 4.90 Å². The molecule has 2 fully saturated rings. The lowest BCUT2D eigenvalue weighted by molar-refractivity contribution is 0.0645. The molecule has 2 saturated heterocycles. The van der Waals surface area contributed by atoms with E-state index in [1.54, 1.807) is 0 Å². The van der Waals surface area contributed by atoms with E-state index in [4.69, 9.17) is 0 Å². The minimum atomic E-state index is 0.331. The molecule has 2 atom stereocenters. The van der Waals surface area contributed by atoms with Gasteiger partial charge in [-0.15, -0.1) is 0 Å². The third-order valence-corrected chi connectivity index (χ3v) is 5.11. The average Bonchev–Trinajstić information content (AvgIpc) is 2.37. The van der Waals surface area contributed by atoms with Gasteiger partial charge in [0.2, 0.25) is 0 Å². The minimum Gasteiger partial charge on any atom is -0.309 e. The lowest BCUT2D eigenvalue weighted by Crippen LogP contribution is -2.62. The van der Waals surface area contributed by atoms with E-state index in [1.165, 1.54) is 45.4 Å². The summed E-state index contributed by atoms with van der Waals surface area (Å²) >= 11 is 0. The largest absolute Gasteiger partial charge is 0.309 e. The van der Waals surface area contributed by atoms with Crippen molar-refractivity contribution in [2.45, 2.75) is 51.6 Å². The molecule has 0 spiro atoms. The number of nitrogens with one attached hydrogen (secondary N) is 1. The maximum Gasteiger partial charge on any atom is 0.0278 e. The van der Waals surface area contributed by atoms with Gasteiger partial charge in [-0.2, -0.15) is 0 Å². The molecule has 3 heteroatoms. The molecule has 1 N–H and O–H groups in total. The van der Waals surface area contributed by atoms with Crippen LogP contribution in [-0.4, -0.2) is 61.2 Å². The highest BCUT2D eigenvalue weighted by molar-refractivity contribution is 4.93. The molecule has 18 heavy (non-hydrogen) atoms. The smallest absolute Gasteiger partial charge is 0.0278 e. The molecular formula is C15H31N3. The molecule has 0 aromatic heterocycles. The fourth-order valence-corrected chi connectivity index (χ4v) is 3.24. The Bertz CT molecular complexity index is 260. The van der Waals surface area contributed by atoms with Crippen molar-refractivity contribution in [3.8, 4) is 0 Å². The van der Waals surface area contributed by atoms with Crippen LogP contribution in [0.5, 0.6) is 0 Å². The first-order valence-electron chi connectivity index (χ1n) is 7.70. The van der Waals surface area contributed by atoms with Crippen molar-refractivity contribution < 1.29 is 0 Å². The van der Waals surface area contributed by atoms with E-state index >= 15 is 0 Å². The van der Waals surface area contributed by atoms with Crippen LogP contribution in [0.4, 0.5) is 0 Å². The number of likely N-dealkylation sites (tertiary alicyclic amines) is 1.